The van der Waals surface area contributed by atoms with E-state index < -0.39 is 5.97 Å². The fourth-order valence-electron chi connectivity index (χ4n) is 3.29. The molecular weight excluding hydrogens is 374 g/mol. The van der Waals surface area contributed by atoms with E-state index in [1.807, 2.05) is 41.9 Å². The van der Waals surface area contributed by atoms with Crippen molar-refractivity contribution in [2.24, 2.45) is 5.92 Å². The molecule has 1 saturated heterocycles. The lowest BCUT2D eigenvalue weighted by atomic mass is 9.97. The number of likely N-dealkylation sites (tertiary alicyclic amines) is 1. The summed E-state index contributed by atoms with van der Waals surface area (Å²) in [6.45, 7) is 2.41. The third-order valence-corrected chi connectivity index (χ3v) is 5.62. The maximum atomic E-state index is 11.1. The highest BCUT2D eigenvalue weighted by atomic mass is 32.1. The van der Waals surface area contributed by atoms with Crippen molar-refractivity contribution in [3.63, 3.8) is 0 Å². The summed E-state index contributed by atoms with van der Waals surface area (Å²) in [7, 11) is 0. The Balaban J connectivity index is 1.35. The van der Waals surface area contributed by atoms with Gasteiger partial charge in [0.05, 0.1) is 5.92 Å². The standard InChI is InChI=1S/C20H21N5O2S/c26-20(27)15-6-9-25(10-7-15)13-14-4-5-17(22-12-14)24-18-3-1-2-16(23-18)19-21-8-11-28-19/h1-5,8,11-12,15H,6-7,9-10,13H2,(H,26,27)(H,22,23,24). The Bertz CT molecular complexity index is 922. The molecule has 0 amide bonds. The molecule has 1 fully saturated rings. The number of carboxylic acids is 1. The van der Waals surface area contributed by atoms with Gasteiger partial charge in [0.2, 0.25) is 0 Å². The fourth-order valence-corrected chi connectivity index (χ4v) is 3.90. The molecule has 2 N–H and O–H groups in total. The van der Waals surface area contributed by atoms with E-state index in [0.29, 0.717) is 12.8 Å². The molecule has 3 aromatic rings. The van der Waals surface area contributed by atoms with Crippen LogP contribution in [0.2, 0.25) is 0 Å². The van der Waals surface area contributed by atoms with Crippen LogP contribution in [0.15, 0.2) is 48.1 Å². The van der Waals surface area contributed by atoms with Crippen molar-refractivity contribution < 1.29 is 9.90 Å². The topological polar surface area (TPSA) is 91.2 Å². The second kappa shape index (κ2) is 8.45. The summed E-state index contributed by atoms with van der Waals surface area (Å²) >= 11 is 1.56. The largest absolute Gasteiger partial charge is 0.481 e. The summed E-state index contributed by atoms with van der Waals surface area (Å²) in [5, 5.41) is 15.1. The van der Waals surface area contributed by atoms with Crippen molar-refractivity contribution in [1.82, 2.24) is 19.9 Å². The Hall–Kier alpha value is -2.84. The van der Waals surface area contributed by atoms with Crippen LogP contribution in [-0.2, 0) is 11.3 Å². The van der Waals surface area contributed by atoms with Gasteiger partial charge in [-0.3, -0.25) is 9.69 Å². The van der Waals surface area contributed by atoms with E-state index in [4.69, 9.17) is 5.11 Å². The lowest BCUT2D eigenvalue weighted by Crippen LogP contribution is -2.35. The number of thiazole rings is 1. The minimum atomic E-state index is -0.677. The number of aliphatic carboxylic acids is 1. The molecule has 0 atom stereocenters. The Morgan fingerprint density at radius 3 is 2.71 bits per heavy atom. The molecular formula is C20H21N5O2S. The van der Waals surface area contributed by atoms with Crippen molar-refractivity contribution in [2.45, 2.75) is 19.4 Å². The van der Waals surface area contributed by atoms with Crippen molar-refractivity contribution in [3.05, 3.63) is 53.7 Å². The summed E-state index contributed by atoms with van der Waals surface area (Å²) in [6.07, 6.45) is 5.05. The molecule has 1 aliphatic rings. The molecule has 3 aromatic heterocycles. The van der Waals surface area contributed by atoms with Crippen LogP contribution in [0, 0.1) is 5.92 Å². The zero-order valence-electron chi connectivity index (χ0n) is 15.3. The van der Waals surface area contributed by atoms with Gasteiger partial charge < -0.3 is 10.4 Å². The van der Waals surface area contributed by atoms with Crippen LogP contribution >= 0.6 is 11.3 Å². The van der Waals surface area contributed by atoms with E-state index in [0.717, 1.165) is 47.5 Å². The highest BCUT2D eigenvalue weighted by Crippen LogP contribution is 2.23. The minimum absolute atomic E-state index is 0.200. The number of nitrogens with zero attached hydrogens (tertiary/aromatic N) is 4. The van der Waals surface area contributed by atoms with Crippen molar-refractivity contribution in [1.29, 1.82) is 0 Å². The Morgan fingerprint density at radius 2 is 2.04 bits per heavy atom. The normalized spacial score (nSPS) is 15.4. The molecule has 0 spiro atoms. The fraction of sp³-hybridized carbons (Fsp3) is 0.300. The number of rotatable bonds is 6. The van der Waals surface area contributed by atoms with E-state index in [2.05, 4.69) is 25.2 Å². The second-order valence-electron chi connectivity index (χ2n) is 6.81. The predicted octanol–water partition coefficient (Wildman–Crippen LogP) is 3.64. The first kappa shape index (κ1) is 18.5. The van der Waals surface area contributed by atoms with E-state index in [-0.39, 0.29) is 5.92 Å². The third-order valence-electron chi connectivity index (χ3n) is 4.82. The summed E-state index contributed by atoms with van der Waals surface area (Å²) in [6, 6.07) is 9.77. The number of hydrogen-bond donors (Lipinski definition) is 2. The minimum Gasteiger partial charge on any atom is -0.481 e. The molecule has 0 saturated carbocycles. The first-order valence-corrected chi connectivity index (χ1v) is 10.1. The zero-order chi connectivity index (χ0) is 19.3. The quantitative estimate of drug-likeness (QED) is 0.658. The van der Waals surface area contributed by atoms with Crippen LogP contribution in [0.25, 0.3) is 10.7 Å². The van der Waals surface area contributed by atoms with Gasteiger partial charge >= 0.3 is 5.97 Å². The highest BCUT2D eigenvalue weighted by molar-refractivity contribution is 7.13. The Morgan fingerprint density at radius 1 is 1.18 bits per heavy atom. The molecule has 7 nitrogen and oxygen atoms in total. The van der Waals surface area contributed by atoms with Crippen LogP contribution in [0.4, 0.5) is 11.6 Å². The molecule has 0 aromatic carbocycles. The molecule has 0 aliphatic carbocycles. The van der Waals surface area contributed by atoms with Crippen LogP contribution in [0.5, 0.6) is 0 Å². The van der Waals surface area contributed by atoms with E-state index in [9.17, 15) is 4.79 Å². The number of aromatic nitrogens is 3. The lowest BCUT2D eigenvalue weighted by molar-refractivity contribution is -0.143. The molecule has 144 valence electrons. The third kappa shape index (κ3) is 4.52. The van der Waals surface area contributed by atoms with E-state index >= 15 is 0 Å². The van der Waals surface area contributed by atoms with Gasteiger partial charge in [0.1, 0.15) is 22.3 Å². The first-order valence-electron chi connectivity index (χ1n) is 9.21. The van der Waals surface area contributed by atoms with E-state index in [1.165, 1.54) is 0 Å². The maximum absolute atomic E-state index is 11.1. The van der Waals surface area contributed by atoms with Crippen molar-refractivity contribution in [2.75, 3.05) is 18.4 Å². The number of carboxylic acid groups (broad SMARTS) is 1. The van der Waals surface area contributed by atoms with Gasteiger partial charge in [-0.25, -0.2) is 15.0 Å². The van der Waals surface area contributed by atoms with Gasteiger partial charge in [0.15, 0.2) is 0 Å². The van der Waals surface area contributed by atoms with Gasteiger partial charge in [0, 0.05) is 24.3 Å². The van der Waals surface area contributed by atoms with Crippen LogP contribution < -0.4 is 5.32 Å². The second-order valence-corrected chi connectivity index (χ2v) is 7.71. The number of pyridine rings is 2. The average Bonchev–Trinajstić information content (AvgIpc) is 3.25. The highest BCUT2D eigenvalue weighted by Gasteiger charge is 2.24. The number of piperidine rings is 1. The van der Waals surface area contributed by atoms with Crippen molar-refractivity contribution >= 4 is 28.9 Å². The molecule has 28 heavy (non-hydrogen) atoms. The monoisotopic (exact) mass is 395 g/mol. The summed E-state index contributed by atoms with van der Waals surface area (Å²) in [5.74, 6) is 0.582. The summed E-state index contributed by atoms with van der Waals surface area (Å²) in [4.78, 5) is 26.7. The van der Waals surface area contributed by atoms with Gasteiger partial charge in [0.25, 0.3) is 0 Å². The first-order chi connectivity index (χ1) is 13.7. The van der Waals surface area contributed by atoms with Crippen LogP contribution in [0.3, 0.4) is 0 Å². The summed E-state index contributed by atoms with van der Waals surface area (Å²) < 4.78 is 0. The van der Waals surface area contributed by atoms with Crippen LogP contribution in [0.1, 0.15) is 18.4 Å². The molecule has 4 rings (SSSR count). The van der Waals surface area contributed by atoms with E-state index in [1.54, 1.807) is 17.5 Å². The van der Waals surface area contributed by atoms with Gasteiger partial charge in [-0.15, -0.1) is 11.3 Å². The molecule has 0 bridgehead atoms. The van der Waals surface area contributed by atoms with Gasteiger partial charge in [-0.1, -0.05) is 12.1 Å². The Labute approximate surface area is 167 Å². The van der Waals surface area contributed by atoms with Crippen molar-refractivity contribution in [3.8, 4) is 10.7 Å². The molecule has 1 aliphatic heterocycles. The number of nitrogens with one attached hydrogen (secondary N) is 1. The molecule has 0 unspecified atom stereocenters. The molecule has 0 radical (unpaired) electrons. The average molecular weight is 395 g/mol. The van der Waals surface area contributed by atoms with Gasteiger partial charge in [-0.2, -0.15) is 0 Å². The number of carbonyl (C=O) groups is 1. The number of hydrogen-bond acceptors (Lipinski definition) is 7. The molecule has 4 heterocycles. The SMILES string of the molecule is O=C(O)C1CCN(Cc2ccc(Nc3cccc(-c4nccs4)n3)nc2)CC1. The lowest BCUT2D eigenvalue weighted by Gasteiger charge is -2.29. The summed E-state index contributed by atoms with van der Waals surface area (Å²) in [5.41, 5.74) is 1.95. The van der Waals surface area contributed by atoms with Gasteiger partial charge in [-0.05, 0) is 49.7 Å². The number of anilines is 2. The predicted molar refractivity (Wildman–Crippen MR) is 109 cm³/mol. The molecule has 8 heteroatoms. The van der Waals surface area contributed by atoms with Crippen LogP contribution in [-0.4, -0.2) is 44.0 Å². The maximum Gasteiger partial charge on any atom is 0.306 e. The smallest absolute Gasteiger partial charge is 0.306 e. The zero-order valence-corrected chi connectivity index (χ0v) is 16.1. The Kier molecular flexibility index (Phi) is 5.59.